The zero-order chi connectivity index (χ0) is 12.3. The normalized spacial score (nSPS) is 9.94. The van der Waals surface area contributed by atoms with Crippen LogP contribution in [-0.2, 0) is 0 Å². The lowest BCUT2D eigenvalue weighted by atomic mass is 10.0. The maximum absolute atomic E-state index is 12.1. The fourth-order valence-electron chi connectivity index (χ4n) is 1.48. The van der Waals surface area contributed by atoms with Gasteiger partial charge in [0.1, 0.15) is 6.29 Å². The van der Waals surface area contributed by atoms with Gasteiger partial charge in [0.2, 0.25) is 0 Å². The molecule has 2 aromatic carbocycles. The van der Waals surface area contributed by atoms with Crippen LogP contribution in [-0.4, -0.2) is 12.1 Å². The molecule has 0 saturated carbocycles. The highest BCUT2D eigenvalue weighted by Gasteiger charge is 2.08. The minimum atomic E-state index is -0.0288. The van der Waals surface area contributed by atoms with Crippen molar-refractivity contribution < 1.29 is 9.59 Å². The number of benzene rings is 2. The lowest BCUT2D eigenvalue weighted by molar-refractivity contribution is 0.103. The van der Waals surface area contributed by atoms with Crippen molar-refractivity contribution in [2.75, 3.05) is 0 Å². The van der Waals surface area contributed by atoms with Crippen LogP contribution in [0.5, 0.6) is 0 Å². The number of carbonyl (C=O) groups excluding carboxylic acids is 2. The van der Waals surface area contributed by atoms with Crippen LogP contribution in [0, 0.1) is 3.57 Å². The van der Waals surface area contributed by atoms with Crippen molar-refractivity contribution in [2.24, 2.45) is 0 Å². The molecule has 0 aliphatic carbocycles. The van der Waals surface area contributed by atoms with Gasteiger partial charge < -0.3 is 0 Å². The van der Waals surface area contributed by atoms with Crippen LogP contribution < -0.4 is 0 Å². The molecule has 0 aliphatic rings. The van der Waals surface area contributed by atoms with Crippen molar-refractivity contribution in [1.29, 1.82) is 0 Å². The van der Waals surface area contributed by atoms with Gasteiger partial charge in [-0.05, 0) is 46.9 Å². The van der Waals surface area contributed by atoms with Crippen molar-refractivity contribution in [1.82, 2.24) is 0 Å². The lowest BCUT2D eigenvalue weighted by Gasteiger charge is -2.01. The SMILES string of the molecule is O=Cc1ccc(C(=O)c2ccc(I)cc2)cc1. The van der Waals surface area contributed by atoms with Gasteiger partial charge in [-0.1, -0.05) is 24.3 Å². The maximum atomic E-state index is 12.1. The molecule has 0 radical (unpaired) electrons. The predicted molar refractivity (Wildman–Crippen MR) is 74.4 cm³/mol. The number of aldehydes is 1. The van der Waals surface area contributed by atoms with Gasteiger partial charge in [-0.3, -0.25) is 9.59 Å². The third kappa shape index (κ3) is 2.79. The van der Waals surface area contributed by atoms with Crippen LogP contribution in [0.25, 0.3) is 0 Å². The second-order valence-electron chi connectivity index (χ2n) is 3.58. The van der Waals surface area contributed by atoms with Crippen molar-refractivity contribution >= 4 is 34.7 Å². The van der Waals surface area contributed by atoms with Gasteiger partial charge in [-0.15, -0.1) is 0 Å². The van der Waals surface area contributed by atoms with E-state index in [1.807, 2.05) is 12.1 Å². The zero-order valence-electron chi connectivity index (χ0n) is 8.89. The monoisotopic (exact) mass is 336 g/mol. The largest absolute Gasteiger partial charge is 0.298 e. The number of rotatable bonds is 3. The molecule has 17 heavy (non-hydrogen) atoms. The molecular weight excluding hydrogens is 327 g/mol. The molecule has 2 nitrogen and oxygen atoms in total. The summed E-state index contributed by atoms with van der Waals surface area (Å²) >= 11 is 2.19. The number of carbonyl (C=O) groups is 2. The van der Waals surface area contributed by atoms with Gasteiger partial charge in [0.15, 0.2) is 5.78 Å². The van der Waals surface area contributed by atoms with E-state index in [1.54, 1.807) is 36.4 Å². The molecule has 0 bridgehead atoms. The molecule has 0 aromatic heterocycles. The van der Waals surface area contributed by atoms with E-state index >= 15 is 0 Å². The highest BCUT2D eigenvalue weighted by atomic mass is 127. The quantitative estimate of drug-likeness (QED) is 0.489. The highest BCUT2D eigenvalue weighted by Crippen LogP contribution is 2.12. The minimum Gasteiger partial charge on any atom is -0.298 e. The van der Waals surface area contributed by atoms with Gasteiger partial charge in [-0.2, -0.15) is 0 Å². The molecule has 0 aliphatic heterocycles. The molecular formula is C14H9IO2. The summed E-state index contributed by atoms with van der Waals surface area (Å²) < 4.78 is 1.09. The smallest absolute Gasteiger partial charge is 0.193 e. The first-order valence-corrected chi connectivity index (χ1v) is 6.14. The van der Waals surface area contributed by atoms with Crippen LogP contribution in [0.3, 0.4) is 0 Å². The Balaban J connectivity index is 2.30. The van der Waals surface area contributed by atoms with Crippen molar-refractivity contribution in [3.63, 3.8) is 0 Å². The van der Waals surface area contributed by atoms with Gasteiger partial charge in [-0.25, -0.2) is 0 Å². The van der Waals surface area contributed by atoms with E-state index in [0.717, 1.165) is 9.86 Å². The van der Waals surface area contributed by atoms with E-state index in [1.165, 1.54) is 0 Å². The Hall–Kier alpha value is -1.49. The number of ketones is 1. The van der Waals surface area contributed by atoms with Gasteiger partial charge in [0, 0.05) is 20.3 Å². The van der Waals surface area contributed by atoms with E-state index in [4.69, 9.17) is 0 Å². The molecule has 0 atom stereocenters. The van der Waals surface area contributed by atoms with Gasteiger partial charge in [0.05, 0.1) is 0 Å². The Morgan fingerprint density at radius 2 is 1.35 bits per heavy atom. The molecule has 0 unspecified atom stereocenters. The van der Waals surface area contributed by atoms with Gasteiger partial charge in [0.25, 0.3) is 0 Å². The van der Waals surface area contributed by atoms with E-state index < -0.39 is 0 Å². The molecule has 3 heteroatoms. The van der Waals surface area contributed by atoms with Crippen molar-refractivity contribution in [2.45, 2.75) is 0 Å². The fourth-order valence-corrected chi connectivity index (χ4v) is 1.84. The molecule has 0 spiro atoms. The average molecular weight is 336 g/mol. The summed E-state index contributed by atoms with van der Waals surface area (Å²) in [7, 11) is 0. The van der Waals surface area contributed by atoms with E-state index in [0.29, 0.717) is 16.7 Å². The first kappa shape index (κ1) is 12.0. The van der Waals surface area contributed by atoms with Crippen LogP contribution >= 0.6 is 22.6 Å². The molecule has 0 heterocycles. The standard InChI is InChI=1S/C14H9IO2/c15-13-7-5-12(6-8-13)14(17)11-3-1-10(9-16)2-4-11/h1-9H. The van der Waals surface area contributed by atoms with Crippen LogP contribution in [0.1, 0.15) is 26.3 Å². The van der Waals surface area contributed by atoms with Crippen molar-refractivity contribution in [3.8, 4) is 0 Å². The minimum absolute atomic E-state index is 0.0288. The predicted octanol–water partition coefficient (Wildman–Crippen LogP) is 3.33. The summed E-state index contributed by atoms with van der Waals surface area (Å²) in [5.41, 5.74) is 1.82. The molecule has 84 valence electrons. The molecule has 2 aromatic rings. The Labute approximate surface area is 113 Å². The van der Waals surface area contributed by atoms with Crippen LogP contribution in [0.15, 0.2) is 48.5 Å². The third-order valence-electron chi connectivity index (χ3n) is 2.42. The van der Waals surface area contributed by atoms with Gasteiger partial charge >= 0.3 is 0 Å². The van der Waals surface area contributed by atoms with Crippen LogP contribution in [0.2, 0.25) is 0 Å². The van der Waals surface area contributed by atoms with E-state index in [-0.39, 0.29) is 5.78 Å². The zero-order valence-corrected chi connectivity index (χ0v) is 11.0. The van der Waals surface area contributed by atoms with Crippen LogP contribution in [0.4, 0.5) is 0 Å². The maximum Gasteiger partial charge on any atom is 0.193 e. The summed E-state index contributed by atoms with van der Waals surface area (Å²) in [4.78, 5) is 22.6. The summed E-state index contributed by atoms with van der Waals surface area (Å²) in [5, 5.41) is 0. The Morgan fingerprint density at radius 1 is 0.882 bits per heavy atom. The van der Waals surface area contributed by atoms with Crippen molar-refractivity contribution in [3.05, 3.63) is 68.8 Å². The Bertz CT molecular complexity index is 541. The molecule has 0 fully saturated rings. The fraction of sp³-hybridized carbons (Fsp3) is 0. The molecule has 0 N–H and O–H groups in total. The lowest BCUT2D eigenvalue weighted by Crippen LogP contribution is -2.01. The summed E-state index contributed by atoms with van der Waals surface area (Å²) in [6, 6.07) is 14.0. The summed E-state index contributed by atoms with van der Waals surface area (Å²) in [5.74, 6) is -0.0288. The number of hydrogen-bond donors (Lipinski definition) is 0. The van der Waals surface area contributed by atoms with E-state index in [9.17, 15) is 9.59 Å². The number of halogens is 1. The Morgan fingerprint density at radius 3 is 1.82 bits per heavy atom. The summed E-state index contributed by atoms with van der Waals surface area (Å²) in [6.07, 6.45) is 0.763. The number of hydrogen-bond acceptors (Lipinski definition) is 2. The third-order valence-corrected chi connectivity index (χ3v) is 3.13. The average Bonchev–Trinajstić information content (AvgIpc) is 2.39. The second-order valence-corrected chi connectivity index (χ2v) is 4.82. The topological polar surface area (TPSA) is 34.1 Å². The summed E-state index contributed by atoms with van der Waals surface area (Å²) in [6.45, 7) is 0. The first-order chi connectivity index (χ1) is 8.20. The second kappa shape index (κ2) is 5.23. The first-order valence-electron chi connectivity index (χ1n) is 5.06. The Kier molecular flexibility index (Phi) is 3.68. The highest BCUT2D eigenvalue weighted by molar-refractivity contribution is 14.1. The molecule has 2 rings (SSSR count). The molecule has 0 amide bonds. The van der Waals surface area contributed by atoms with E-state index in [2.05, 4.69) is 22.6 Å². The molecule has 0 saturated heterocycles.